The van der Waals surface area contributed by atoms with E-state index in [0.717, 1.165) is 6.07 Å². The van der Waals surface area contributed by atoms with E-state index in [1.807, 2.05) is 0 Å². The van der Waals surface area contributed by atoms with E-state index in [0.29, 0.717) is 0 Å². The maximum atomic E-state index is 12.8. The summed E-state index contributed by atoms with van der Waals surface area (Å²) in [6, 6.07) is 2.24. The number of amides is 1. The first-order valence-electron chi connectivity index (χ1n) is 3.06. The summed E-state index contributed by atoms with van der Waals surface area (Å²) < 4.78 is 12.8. The summed E-state index contributed by atoms with van der Waals surface area (Å²) in [5.41, 5.74) is 9.76. The number of rotatable bonds is 1. The minimum atomic E-state index is -0.797. The highest BCUT2D eigenvalue weighted by atomic mass is 35.5. The van der Waals surface area contributed by atoms with Crippen molar-refractivity contribution in [2.75, 3.05) is 5.73 Å². The van der Waals surface area contributed by atoms with Crippen molar-refractivity contribution in [3.63, 3.8) is 0 Å². The number of hydrogen-bond donors (Lipinski definition) is 2. The molecule has 1 amide bonds. The molecule has 0 aliphatic heterocycles. The van der Waals surface area contributed by atoms with E-state index in [2.05, 4.69) is 0 Å². The average molecular weight is 189 g/mol. The van der Waals surface area contributed by atoms with Gasteiger partial charge in [-0.2, -0.15) is 0 Å². The molecule has 5 heteroatoms. The molecule has 3 nitrogen and oxygen atoms in total. The van der Waals surface area contributed by atoms with Crippen LogP contribution in [-0.4, -0.2) is 5.91 Å². The van der Waals surface area contributed by atoms with Crippen molar-refractivity contribution in [1.29, 1.82) is 0 Å². The molecule has 0 saturated carbocycles. The summed E-state index contributed by atoms with van der Waals surface area (Å²) in [6.07, 6.45) is 0. The molecule has 64 valence electrons. The van der Waals surface area contributed by atoms with E-state index in [9.17, 15) is 9.18 Å². The molecule has 0 spiro atoms. The fourth-order valence-corrected chi connectivity index (χ4v) is 0.994. The zero-order valence-electron chi connectivity index (χ0n) is 5.97. The lowest BCUT2D eigenvalue weighted by atomic mass is 10.1. The highest BCUT2D eigenvalue weighted by Crippen LogP contribution is 2.21. The van der Waals surface area contributed by atoms with Crippen LogP contribution in [0.5, 0.6) is 0 Å². The Morgan fingerprint density at radius 3 is 2.58 bits per heavy atom. The van der Waals surface area contributed by atoms with E-state index in [1.165, 1.54) is 6.07 Å². The van der Waals surface area contributed by atoms with Crippen LogP contribution in [0, 0.1) is 5.82 Å². The van der Waals surface area contributed by atoms with E-state index in [4.69, 9.17) is 23.1 Å². The number of nitrogens with two attached hydrogens (primary N) is 2. The van der Waals surface area contributed by atoms with Gasteiger partial charge in [-0.25, -0.2) is 4.39 Å². The highest BCUT2D eigenvalue weighted by Gasteiger charge is 2.10. The Bertz CT molecular complexity index is 340. The second-order valence-corrected chi connectivity index (χ2v) is 2.65. The van der Waals surface area contributed by atoms with Crippen LogP contribution in [0.15, 0.2) is 12.1 Å². The van der Waals surface area contributed by atoms with Gasteiger partial charge in [0.05, 0.1) is 11.3 Å². The molecule has 0 radical (unpaired) electrons. The lowest BCUT2D eigenvalue weighted by Crippen LogP contribution is -2.14. The first kappa shape index (κ1) is 8.80. The van der Waals surface area contributed by atoms with Crippen LogP contribution in [0.3, 0.4) is 0 Å². The molecule has 0 aliphatic carbocycles. The second kappa shape index (κ2) is 2.98. The van der Waals surface area contributed by atoms with E-state index >= 15 is 0 Å². The van der Waals surface area contributed by atoms with Crippen LogP contribution < -0.4 is 11.5 Å². The largest absolute Gasteiger partial charge is 0.396 e. The number of halogens is 2. The number of anilines is 1. The Kier molecular flexibility index (Phi) is 2.19. The van der Waals surface area contributed by atoms with Crippen molar-refractivity contribution >= 4 is 23.2 Å². The summed E-state index contributed by atoms with van der Waals surface area (Å²) in [7, 11) is 0. The minimum absolute atomic E-state index is 0.0931. The van der Waals surface area contributed by atoms with Crippen LogP contribution in [-0.2, 0) is 0 Å². The topological polar surface area (TPSA) is 69.1 Å². The molecule has 1 aromatic rings. The molecule has 0 atom stereocenters. The molecule has 0 unspecified atom stereocenters. The normalized spacial score (nSPS) is 9.83. The fraction of sp³-hybridized carbons (Fsp3) is 0. The molecular formula is C7H6ClFN2O. The van der Waals surface area contributed by atoms with Gasteiger partial charge in [-0.15, -0.1) is 0 Å². The SMILES string of the molecule is NC(=O)c1cc(Cl)cc(F)c1N. The van der Waals surface area contributed by atoms with Crippen LogP contribution in [0.1, 0.15) is 10.4 Å². The number of benzene rings is 1. The van der Waals surface area contributed by atoms with Gasteiger partial charge in [0.2, 0.25) is 0 Å². The lowest BCUT2D eigenvalue weighted by molar-refractivity contribution is 0.100. The van der Waals surface area contributed by atoms with Crippen molar-refractivity contribution < 1.29 is 9.18 Å². The molecular weight excluding hydrogens is 183 g/mol. The molecule has 0 fully saturated rings. The van der Waals surface area contributed by atoms with E-state index < -0.39 is 11.7 Å². The van der Waals surface area contributed by atoms with Gasteiger partial charge in [0, 0.05) is 5.02 Å². The highest BCUT2D eigenvalue weighted by molar-refractivity contribution is 6.31. The molecule has 1 rings (SSSR count). The van der Waals surface area contributed by atoms with Gasteiger partial charge in [0.25, 0.3) is 5.91 Å². The molecule has 0 heterocycles. The summed E-state index contributed by atoms with van der Waals surface area (Å²) in [5, 5.41) is 0.0931. The average Bonchev–Trinajstić information content (AvgIpc) is 1.96. The first-order valence-corrected chi connectivity index (χ1v) is 3.44. The smallest absolute Gasteiger partial charge is 0.250 e. The summed E-state index contributed by atoms with van der Waals surface area (Å²) in [4.78, 5) is 10.6. The second-order valence-electron chi connectivity index (χ2n) is 2.21. The van der Waals surface area contributed by atoms with Crippen LogP contribution in [0.4, 0.5) is 10.1 Å². The van der Waals surface area contributed by atoms with Gasteiger partial charge >= 0.3 is 0 Å². The van der Waals surface area contributed by atoms with Gasteiger partial charge in [-0.1, -0.05) is 11.6 Å². The summed E-state index contributed by atoms with van der Waals surface area (Å²) in [6.45, 7) is 0. The number of carbonyl (C=O) groups is 1. The first-order chi connectivity index (χ1) is 5.52. The van der Waals surface area contributed by atoms with Crippen molar-refractivity contribution in [3.8, 4) is 0 Å². The van der Waals surface area contributed by atoms with Crippen LogP contribution in [0.25, 0.3) is 0 Å². The van der Waals surface area contributed by atoms with E-state index in [-0.39, 0.29) is 16.3 Å². The van der Waals surface area contributed by atoms with E-state index in [1.54, 1.807) is 0 Å². The molecule has 0 aromatic heterocycles. The van der Waals surface area contributed by atoms with Gasteiger partial charge in [0.15, 0.2) is 0 Å². The Morgan fingerprint density at radius 1 is 1.50 bits per heavy atom. The zero-order valence-corrected chi connectivity index (χ0v) is 6.73. The third-order valence-electron chi connectivity index (χ3n) is 1.36. The molecule has 4 N–H and O–H groups in total. The maximum absolute atomic E-state index is 12.8. The van der Waals surface area contributed by atoms with Gasteiger partial charge in [-0.05, 0) is 12.1 Å². The molecule has 0 saturated heterocycles. The number of primary amides is 1. The third kappa shape index (κ3) is 1.48. The number of carbonyl (C=O) groups excluding carboxylic acids is 1. The Labute approximate surface area is 73.1 Å². The molecule has 0 aliphatic rings. The maximum Gasteiger partial charge on any atom is 0.250 e. The quantitative estimate of drug-likeness (QED) is 0.650. The van der Waals surface area contributed by atoms with Gasteiger partial charge in [0.1, 0.15) is 5.82 Å². The van der Waals surface area contributed by atoms with Crippen molar-refractivity contribution in [1.82, 2.24) is 0 Å². The Morgan fingerprint density at radius 2 is 2.08 bits per heavy atom. The van der Waals surface area contributed by atoms with Crippen LogP contribution in [0.2, 0.25) is 5.02 Å². The monoisotopic (exact) mass is 188 g/mol. The zero-order chi connectivity index (χ0) is 9.30. The molecule has 1 aromatic carbocycles. The Hall–Kier alpha value is -1.29. The number of nitrogen functional groups attached to an aromatic ring is 1. The molecule has 12 heavy (non-hydrogen) atoms. The standard InChI is InChI=1S/C7H6ClFN2O/c8-3-1-4(7(11)12)6(10)5(9)2-3/h1-2H,10H2,(H2,11,12). The third-order valence-corrected chi connectivity index (χ3v) is 1.58. The van der Waals surface area contributed by atoms with Crippen molar-refractivity contribution in [3.05, 3.63) is 28.5 Å². The fourth-order valence-electron chi connectivity index (χ4n) is 0.789. The number of hydrogen-bond acceptors (Lipinski definition) is 2. The summed E-state index contributed by atoms with van der Waals surface area (Å²) >= 11 is 5.46. The predicted octanol–water partition coefficient (Wildman–Crippen LogP) is 1.16. The summed E-state index contributed by atoms with van der Waals surface area (Å²) in [5.74, 6) is -1.54. The van der Waals surface area contributed by atoms with Crippen molar-refractivity contribution in [2.24, 2.45) is 5.73 Å². The predicted molar refractivity (Wildman–Crippen MR) is 44.3 cm³/mol. The van der Waals surface area contributed by atoms with Crippen molar-refractivity contribution in [2.45, 2.75) is 0 Å². The lowest BCUT2D eigenvalue weighted by Gasteiger charge is -2.02. The van der Waals surface area contributed by atoms with Gasteiger partial charge in [-0.3, -0.25) is 4.79 Å². The van der Waals surface area contributed by atoms with Gasteiger partial charge < -0.3 is 11.5 Å². The minimum Gasteiger partial charge on any atom is -0.396 e. The van der Waals surface area contributed by atoms with Crippen LogP contribution >= 0.6 is 11.6 Å². The molecule has 0 bridgehead atoms. The Balaban J connectivity index is 3.37.